The van der Waals surface area contributed by atoms with Crippen LogP contribution in [0, 0.1) is 5.82 Å². The van der Waals surface area contributed by atoms with Crippen LogP contribution in [0.3, 0.4) is 0 Å². The van der Waals surface area contributed by atoms with E-state index in [4.69, 9.17) is 11.6 Å². The van der Waals surface area contributed by atoms with Crippen molar-refractivity contribution in [2.75, 3.05) is 0 Å². The lowest BCUT2D eigenvalue weighted by molar-refractivity contribution is 0.624. The highest BCUT2D eigenvalue weighted by atomic mass is 35.5. The molecule has 0 bridgehead atoms. The summed E-state index contributed by atoms with van der Waals surface area (Å²) in [5.74, 6) is -0.290. The molecule has 0 aliphatic carbocycles. The van der Waals surface area contributed by atoms with Gasteiger partial charge in [-0.2, -0.15) is 0 Å². The number of halogens is 2. The Morgan fingerprint density at radius 1 is 1.10 bits per heavy atom. The van der Waals surface area contributed by atoms with Crippen LogP contribution in [0.15, 0.2) is 63.2 Å². The SMILES string of the molecule is O=c1[nH]cc(Sc2cccc(F)c2)c2cc(Cl)ccc12. The maximum absolute atomic E-state index is 13.2. The quantitative estimate of drug-likeness (QED) is 0.757. The number of H-pyrrole nitrogens is 1. The summed E-state index contributed by atoms with van der Waals surface area (Å²) in [4.78, 5) is 16.1. The van der Waals surface area contributed by atoms with Crippen molar-refractivity contribution in [1.82, 2.24) is 4.98 Å². The van der Waals surface area contributed by atoms with Gasteiger partial charge in [0.05, 0.1) is 0 Å². The van der Waals surface area contributed by atoms with Crippen molar-refractivity contribution in [2.24, 2.45) is 0 Å². The van der Waals surface area contributed by atoms with Crippen LogP contribution in [0.25, 0.3) is 10.8 Å². The fourth-order valence-electron chi connectivity index (χ4n) is 1.95. The van der Waals surface area contributed by atoms with Crippen molar-refractivity contribution in [2.45, 2.75) is 9.79 Å². The molecule has 0 radical (unpaired) electrons. The second-order valence-electron chi connectivity index (χ2n) is 4.23. The first-order valence-corrected chi connectivity index (χ1v) is 7.07. The zero-order chi connectivity index (χ0) is 14.1. The van der Waals surface area contributed by atoms with E-state index in [1.54, 1.807) is 30.5 Å². The predicted molar refractivity (Wildman–Crippen MR) is 80.1 cm³/mol. The van der Waals surface area contributed by atoms with Crippen molar-refractivity contribution in [1.29, 1.82) is 0 Å². The summed E-state index contributed by atoms with van der Waals surface area (Å²) in [6.07, 6.45) is 1.62. The lowest BCUT2D eigenvalue weighted by atomic mass is 10.2. The Morgan fingerprint density at radius 2 is 1.95 bits per heavy atom. The normalized spacial score (nSPS) is 10.9. The summed E-state index contributed by atoms with van der Waals surface area (Å²) >= 11 is 7.37. The fraction of sp³-hybridized carbons (Fsp3) is 0. The van der Waals surface area contributed by atoms with Gasteiger partial charge in [-0.1, -0.05) is 29.4 Å². The summed E-state index contributed by atoms with van der Waals surface area (Å²) in [5.41, 5.74) is -0.166. The Kier molecular flexibility index (Phi) is 3.51. The molecule has 1 heterocycles. The monoisotopic (exact) mass is 305 g/mol. The number of nitrogens with one attached hydrogen (secondary N) is 1. The summed E-state index contributed by atoms with van der Waals surface area (Å²) in [6, 6.07) is 11.4. The second kappa shape index (κ2) is 5.31. The van der Waals surface area contributed by atoms with Crippen LogP contribution >= 0.6 is 23.4 Å². The second-order valence-corrected chi connectivity index (χ2v) is 5.78. The standard InChI is InChI=1S/C15H9ClFNOS/c16-9-4-5-12-13(6-9)14(8-18-15(12)19)20-11-3-1-2-10(17)7-11/h1-8H,(H,18,19). The largest absolute Gasteiger partial charge is 0.327 e. The molecule has 0 amide bonds. The van der Waals surface area contributed by atoms with Gasteiger partial charge < -0.3 is 4.98 Å². The van der Waals surface area contributed by atoms with Gasteiger partial charge in [-0.05, 0) is 36.4 Å². The lowest BCUT2D eigenvalue weighted by Gasteiger charge is -2.06. The van der Waals surface area contributed by atoms with Crippen LogP contribution in [-0.4, -0.2) is 4.98 Å². The van der Waals surface area contributed by atoms with E-state index in [9.17, 15) is 9.18 Å². The molecule has 0 unspecified atom stereocenters. The molecule has 2 nitrogen and oxygen atoms in total. The Labute approximate surface area is 123 Å². The summed E-state index contributed by atoms with van der Waals surface area (Å²) in [6.45, 7) is 0. The predicted octanol–water partition coefficient (Wildman–Crippen LogP) is 4.47. The van der Waals surface area contributed by atoms with Gasteiger partial charge in [0.25, 0.3) is 5.56 Å². The number of benzene rings is 2. The number of hydrogen-bond donors (Lipinski definition) is 1. The number of pyridine rings is 1. The zero-order valence-electron chi connectivity index (χ0n) is 10.2. The minimum atomic E-state index is -0.290. The van der Waals surface area contributed by atoms with E-state index in [2.05, 4.69) is 4.98 Å². The molecule has 100 valence electrons. The van der Waals surface area contributed by atoms with Crippen molar-refractivity contribution in [3.8, 4) is 0 Å². The zero-order valence-corrected chi connectivity index (χ0v) is 11.8. The van der Waals surface area contributed by atoms with Crippen molar-refractivity contribution >= 4 is 34.1 Å². The molecule has 1 aromatic heterocycles. The Balaban J connectivity index is 2.14. The molecule has 0 fully saturated rings. The topological polar surface area (TPSA) is 32.9 Å². The van der Waals surface area contributed by atoms with Crippen molar-refractivity contribution in [3.05, 3.63) is 69.9 Å². The first kappa shape index (κ1) is 13.2. The van der Waals surface area contributed by atoms with E-state index in [1.165, 1.54) is 23.9 Å². The molecule has 1 N–H and O–H groups in total. The van der Waals surface area contributed by atoms with Gasteiger partial charge in [-0.15, -0.1) is 0 Å². The molecule has 5 heteroatoms. The van der Waals surface area contributed by atoms with Crippen molar-refractivity contribution < 1.29 is 4.39 Å². The molecule has 3 rings (SSSR count). The number of aromatic nitrogens is 1. The minimum absolute atomic E-state index is 0.166. The Bertz CT molecular complexity index is 847. The molecule has 0 atom stereocenters. The van der Waals surface area contributed by atoms with Crippen LogP contribution in [0.1, 0.15) is 0 Å². The minimum Gasteiger partial charge on any atom is -0.327 e. The van der Waals surface area contributed by atoms with Gasteiger partial charge in [0.2, 0.25) is 0 Å². The maximum atomic E-state index is 13.2. The van der Waals surface area contributed by atoms with Gasteiger partial charge in [0.15, 0.2) is 0 Å². The molecule has 3 aromatic rings. The molecule has 0 saturated carbocycles. The highest BCUT2D eigenvalue weighted by Crippen LogP contribution is 2.33. The summed E-state index contributed by atoms with van der Waals surface area (Å²) < 4.78 is 13.2. The first-order chi connectivity index (χ1) is 9.63. The van der Waals surface area contributed by atoms with E-state index < -0.39 is 0 Å². The van der Waals surface area contributed by atoms with Gasteiger partial charge >= 0.3 is 0 Å². The fourth-order valence-corrected chi connectivity index (χ4v) is 3.09. The van der Waals surface area contributed by atoms with Gasteiger partial charge in [0.1, 0.15) is 5.82 Å². The van der Waals surface area contributed by atoms with Gasteiger partial charge in [-0.3, -0.25) is 4.79 Å². The summed E-state index contributed by atoms with van der Waals surface area (Å²) in [7, 11) is 0. The average molecular weight is 306 g/mol. The summed E-state index contributed by atoms with van der Waals surface area (Å²) in [5, 5.41) is 1.88. The highest BCUT2D eigenvalue weighted by Gasteiger charge is 2.07. The lowest BCUT2D eigenvalue weighted by Crippen LogP contribution is -2.05. The van der Waals surface area contributed by atoms with E-state index >= 15 is 0 Å². The number of aromatic amines is 1. The van der Waals surface area contributed by atoms with E-state index in [-0.39, 0.29) is 11.4 Å². The highest BCUT2D eigenvalue weighted by molar-refractivity contribution is 7.99. The molecule has 0 saturated heterocycles. The van der Waals surface area contributed by atoms with E-state index in [1.807, 2.05) is 6.07 Å². The molecular formula is C15H9ClFNOS. The third kappa shape index (κ3) is 2.57. The Hall–Kier alpha value is -1.78. The Morgan fingerprint density at radius 3 is 2.75 bits per heavy atom. The van der Waals surface area contributed by atoms with Gasteiger partial charge in [-0.25, -0.2) is 4.39 Å². The van der Waals surface area contributed by atoms with E-state index in [0.29, 0.717) is 10.4 Å². The van der Waals surface area contributed by atoms with Crippen LogP contribution in [-0.2, 0) is 0 Å². The van der Waals surface area contributed by atoms with Crippen LogP contribution < -0.4 is 5.56 Å². The van der Waals surface area contributed by atoms with E-state index in [0.717, 1.165) is 15.2 Å². The third-order valence-electron chi connectivity index (χ3n) is 2.85. The van der Waals surface area contributed by atoms with Gasteiger partial charge in [0, 0.05) is 31.8 Å². The van der Waals surface area contributed by atoms with Crippen molar-refractivity contribution in [3.63, 3.8) is 0 Å². The number of fused-ring (bicyclic) bond motifs is 1. The average Bonchev–Trinajstić information content (AvgIpc) is 2.42. The van der Waals surface area contributed by atoms with Crippen LogP contribution in [0.4, 0.5) is 4.39 Å². The third-order valence-corrected chi connectivity index (χ3v) is 4.13. The molecule has 0 aliphatic rings. The smallest absolute Gasteiger partial charge is 0.255 e. The molecule has 2 aromatic carbocycles. The van der Waals surface area contributed by atoms with Crippen LogP contribution in [0.5, 0.6) is 0 Å². The molecule has 0 spiro atoms. The molecule has 20 heavy (non-hydrogen) atoms. The maximum Gasteiger partial charge on any atom is 0.255 e. The van der Waals surface area contributed by atoms with Crippen LogP contribution in [0.2, 0.25) is 5.02 Å². The number of rotatable bonds is 2. The molecule has 0 aliphatic heterocycles. The first-order valence-electron chi connectivity index (χ1n) is 5.88. The number of hydrogen-bond acceptors (Lipinski definition) is 2. The molecular weight excluding hydrogens is 297 g/mol.